The molecule has 0 aromatic heterocycles. The number of nitrogens with one attached hydrogen (secondary N) is 1. The van der Waals surface area contributed by atoms with Gasteiger partial charge in [-0.15, -0.1) is 0 Å². The van der Waals surface area contributed by atoms with Crippen LogP contribution in [0, 0.1) is 5.82 Å². The summed E-state index contributed by atoms with van der Waals surface area (Å²) in [5.74, 6) is -1.28. The highest BCUT2D eigenvalue weighted by Gasteiger charge is 2.30. The van der Waals surface area contributed by atoms with Gasteiger partial charge in [-0.2, -0.15) is 0 Å². The number of amides is 3. The van der Waals surface area contributed by atoms with Crippen LogP contribution in [0.3, 0.4) is 0 Å². The summed E-state index contributed by atoms with van der Waals surface area (Å²) in [4.78, 5) is 37.9. The Labute approximate surface area is 150 Å². The predicted octanol–water partition coefficient (Wildman–Crippen LogP) is 2.62. The molecule has 3 rings (SSSR count). The van der Waals surface area contributed by atoms with Crippen molar-refractivity contribution in [1.82, 2.24) is 10.2 Å². The van der Waals surface area contributed by atoms with Crippen LogP contribution in [-0.4, -0.2) is 29.2 Å². The molecule has 0 saturated heterocycles. The average Bonchev–Trinajstić information content (AvgIpc) is 2.62. The number of halogens is 1. The Balaban J connectivity index is 1.58. The third-order valence-corrected chi connectivity index (χ3v) is 4.45. The lowest BCUT2D eigenvalue weighted by molar-refractivity contribution is -0.129. The first-order valence-electron chi connectivity index (χ1n) is 8.43. The van der Waals surface area contributed by atoms with Gasteiger partial charge in [-0.3, -0.25) is 19.3 Å². The summed E-state index contributed by atoms with van der Waals surface area (Å²) in [5, 5.41) is 2.79. The zero-order valence-corrected chi connectivity index (χ0v) is 14.4. The molecule has 6 heteroatoms. The molecule has 0 fully saturated rings. The molecule has 0 bridgehead atoms. The Kier molecular flexibility index (Phi) is 5.11. The SMILES string of the molecule is C[C@@H](NC(=O)CCN1C(=O)Cc2ccccc2C1=O)c1ccc(F)cc1. The summed E-state index contributed by atoms with van der Waals surface area (Å²) < 4.78 is 13.0. The largest absolute Gasteiger partial charge is 0.350 e. The molecule has 1 aliphatic heterocycles. The molecule has 3 amide bonds. The maximum atomic E-state index is 13.0. The monoisotopic (exact) mass is 354 g/mol. The third-order valence-electron chi connectivity index (χ3n) is 4.45. The molecule has 0 unspecified atom stereocenters. The summed E-state index contributed by atoms with van der Waals surface area (Å²) in [5.41, 5.74) is 2.00. The van der Waals surface area contributed by atoms with E-state index >= 15 is 0 Å². The van der Waals surface area contributed by atoms with Crippen LogP contribution in [0.2, 0.25) is 0 Å². The number of hydrogen-bond donors (Lipinski definition) is 1. The molecule has 0 saturated carbocycles. The zero-order valence-electron chi connectivity index (χ0n) is 14.4. The number of carbonyl (C=O) groups excluding carboxylic acids is 3. The van der Waals surface area contributed by atoms with Crippen LogP contribution in [0.5, 0.6) is 0 Å². The molecule has 0 radical (unpaired) electrons. The van der Waals surface area contributed by atoms with Crippen LogP contribution in [-0.2, 0) is 16.0 Å². The van der Waals surface area contributed by atoms with E-state index in [1.807, 2.05) is 0 Å². The molecule has 2 aromatic rings. The van der Waals surface area contributed by atoms with E-state index in [1.54, 1.807) is 43.3 Å². The van der Waals surface area contributed by atoms with Gasteiger partial charge in [-0.1, -0.05) is 30.3 Å². The van der Waals surface area contributed by atoms with Gasteiger partial charge in [0, 0.05) is 18.5 Å². The fraction of sp³-hybridized carbons (Fsp3) is 0.250. The van der Waals surface area contributed by atoms with Crippen molar-refractivity contribution < 1.29 is 18.8 Å². The van der Waals surface area contributed by atoms with E-state index in [0.717, 1.165) is 10.5 Å². The van der Waals surface area contributed by atoms with Crippen molar-refractivity contribution >= 4 is 17.7 Å². The van der Waals surface area contributed by atoms with E-state index in [0.29, 0.717) is 11.1 Å². The topological polar surface area (TPSA) is 66.5 Å². The first-order chi connectivity index (χ1) is 12.5. The third kappa shape index (κ3) is 3.79. The molecule has 0 spiro atoms. The summed E-state index contributed by atoms with van der Waals surface area (Å²) in [6.45, 7) is 1.83. The van der Waals surface area contributed by atoms with Gasteiger partial charge < -0.3 is 5.32 Å². The lowest BCUT2D eigenvalue weighted by Gasteiger charge is -2.26. The lowest BCUT2D eigenvalue weighted by Crippen LogP contribution is -2.44. The lowest BCUT2D eigenvalue weighted by atomic mass is 9.98. The Hall–Kier alpha value is -3.02. The number of fused-ring (bicyclic) bond motifs is 1. The second-order valence-corrected chi connectivity index (χ2v) is 6.28. The van der Waals surface area contributed by atoms with Crippen molar-refractivity contribution in [3.63, 3.8) is 0 Å². The first-order valence-corrected chi connectivity index (χ1v) is 8.43. The molecule has 1 atom stereocenters. The highest BCUT2D eigenvalue weighted by atomic mass is 19.1. The van der Waals surface area contributed by atoms with Crippen LogP contribution in [0.1, 0.15) is 40.9 Å². The molecule has 134 valence electrons. The van der Waals surface area contributed by atoms with Gasteiger partial charge in [0.25, 0.3) is 5.91 Å². The van der Waals surface area contributed by atoms with Gasteiger partial charge in [0.15, 0.2) is 0 Å². The highest BCUT2D eigenvalue weighted by molar-refractivity contribution is 6.09. The molecule has 0 aliphatic carbocycles. The first kappa shape index (κ1) is 17.8. The minimum atomic E-state index is -0.365. The second-order valence-electron chi connectivity index (χ2n) is 6.28. The van der Waals surface area contributed by atoms with E-state index < -0.39 is 0 Å². The molecule has 26 heavy (non-hydrogen) atoms. The summed E-state index contributed by atoms with van der Waals surface area (Å²) in [6.07, 6.45) is 0.181. The normalized spacial score (nSPS) is 14.8. The molecule has 1 N–H and O–H groups in total. The number of nitrogens with zero attached hydrogens (tertiary/aromatic N) is 1. The quantitative estimate of drug-likeness (QED) is 0.840. The number of carbonyl (C=O) groups is 3. The maximum absolute atomic E-state index is 13.0. The molecule has 1 heterocycles. The van der Waals surface area contributed by atoms with Gasteiger partial charge in [0.05, 0.1) is 12.5 Å². The maximum Gasteiger partial charge on any atom is 0.260 e. The molecular weight excluding hydrogens is 335 g/mol. The van der Waals surface area contributed by atoms with Crippen LogP contribution >= 0.6 is 0 Å². The Morgan fingerprint density at radius 2 is 1.85 bits per heavy atom. The van der Waals surface area contributed by atoms with Crippen molar-refractivity contribution in [2.24, 2.45) is 0 Å². The van der Waals surface area contributed by atoms with Crippen molar-refractivity contribution in [2.75, 3.05) is 6.54 Å². The highest BCUT2D eigenvalue weighted by Crippen LogP contribution is 2.20. The zero-order chi connectivity index (χ0) is 18.7. The van der Waals surface area contributed by atoms with Gasteiger partial charge in [0.2, 0.25) is 11.8 Å². The van der Waals surface area contributed by atoms with E-state index in [-0.39, 0.29) is 49.0 Å². The van der Waals surface area contributed by atoms with E-state index in [9.17, 15) is 18.8 Å². The van der Waals surface area contributed by atoms with Gasteiger partial charge in [-0.25, -0.2) is 4.39 Å². The van der Waals surface area contributed by atoms with Crippen LogP contribution in [0.15, 0.2) is 48.5 Å². The minimum absolute atomic E-state index is 0.0190. The van der Waals surface area contributed by atoms with Crippen molar-refractivity contribution in [3.05, 3.63) is 71.0 Å². The molecule has 2 aromatic carbocycles. The number of imide groups is 1. The number of rotatable bonds is 5. The summed E-state index contributed by atoms with van der Waals surface area (Å²) in [6, 6.07) is 12.6. The molecule has 5 nitrogen and oxygen atoms in total. The van der Waals surface area contributed by atoms with Crippen molar-refractivity contribution in [3.8, 4) is 0 Å². The minimum Gasteiger partial charge on any atom is -0.350 e. The van der Waals surface area contributed by atoms with E-state index in [4.69, 9.17) is 0 Å². The summed E-state index contributed by atoms with van der Waals surface area (Å²) in [7, 11) is 0. The fourth-order valence-electron chi connectivity index (χ4n) is 2.99. The van der Waals surface area contributed by atoms with Gasteiger partial charge in [-0.05, 0) is 36.2 Å². The van der Waals surface area contributed by atoms with E-state index in [1.165, 1.54) is 12.1 Å². The van der Waals surface area contributed by atoms with Crippen LogP contribution in [0.25, 0.3) is 0 Å². The van der Waals surface area contributed by atoms with Crippen LogP contribution < -0.4 is 5.32 Å². The van der Waals surface area contributed by atoms with Crippen LogP contribution in [0.4, 0.5) is 4.39 Å². The van der Waals surface area contributed by atoms with Crippen molar-refractivity contribution in [2.45, 2.75) is 25.8 Å². The predicted molar refractivity (Wildman–Crippen MR) is 93.8 cm³/mol. The average molecular weight is 354 g/mol. The smallest absolute Gasteiger partial charge is 0.260 e. The Morgan fingerprint density at radius 1 is 1.15 bits per heavy atom. The number of benzene rings is 2. The van der Waals surface area contributed by atoms with E-state index in [2.05, 4.69) is 5.32 Å². The second kappa shape index (κ2) is 7.47. The van der Waals surface area contributed by atoms with Crippen molar-refractivity contribution in [1.29, 1.82) is 0 Å². The Morgan fingerprint density at radius 3 is 2.58 bits per heavy atom. The molecular formula is C20H19FN2O3. The van der Waals surface area contributed by atoms with Gasteiger partial charge >= 0.3 is 0 Å². The fourth-order valence-corrected chi connectivity index (χ4v) is 2.99. The van der Waals surface area contributed by atoms with Gasteiger partial charge in [0.1, 0.15) is 5.82 Å². The summed E-state index contributed by atoms with van der Waals surface area (Å²) >= 11 is 0. The molecule has 1 aliphatic rings. The number of hydrogen-bond acceptors (Lipinski definition) is 3. The standard InChI is InChI=1S/C20H19FN2O3/c1-13(14-6-8-16(21)9-7-14)22-18(24)10-11-23-19(25)12-15-4-2-3-5-17(15)20(23)26/h2-9,13H,10-12H2,1H3,(H,22,24)/t13-/m1/s1. The Bertz CT molecular complexity index is 848.